The first-order valence-corrected chi connectivity index (χ1v) is 6.59. The van der Waals surface area contributed by atoms with E-state index in [1.54, 1.807) is 12.1 Å². The third-order valence-corrected chi connectivity index (χ3v) is 2.49. The van der Waals surface area contributed by atoms with Gasteiger partial charge in [0.15, 0.2) is 5.82 Å². The average molecular weight is 304 g/mol. The van der Waals surface area contributed by atoms with Gasteiger partial charge in [-0.2, -0.15) is 4.98 Å². The fourth-order valence-electron chi connectivity index (χ4n) is 1.36. The molecular weight excluding hydrogens is 287 g/mol. The molecule has 1 aromatic carbocycles. The number of aromatic nitrogens is 2. The maximum atomic E-state index is 11.9. The Kier molecular flexibility index (Phi) is 7.25. The molecule has 1 aromatic heterocycles. The van der Waals surface area contributed by atoms with Crippen LogP contribution in [0.1, 0.15) is 30.0 Å². The number of nitrogens with zero attached hydrogens (tertiary/aromatic N) is 2. The van der Waals surface area contributed by atoms with Gasteiger partial charge < -0.3 is 9.63 Å². The highest BCUT2D eigenvalue weighted by atomic mass is 19.1. The summed E-state index contributed by atoms with van der Waals surface area (Å²) in [6, 6.07) is 6.13. The van der Waals surface area contributed by atoms with Gasteiger partial charge in [-0.25, -0.2) is 9.18 Å². The largest absolute Gasteiger partial charge is 0.478 e. The van der Waals surface area contributed by atoms with Crippen molar-refractivity contribution >= 4 is 12.0 Å². The Hall–Kier alpha value is -2.76. The van der Waals surface area contributed by atoms with Gasteiger partial charge in [0.1, 0.15) is 6.67 Å². The lowest BCUT2D eigenvalue weighted by Crippen LogP contribution is -1.95. The molecule has 1 heterocycles. The van der Waals surface area contributed by atoms with Crippen molar-refractivity contribution < 1.29 is 18.8 Å². The number of benzene rings is 1. The quantitative estimate of drug-likeness (QED) is 0.864. The van der Waals surface area contributed by atoms with E-state index < -0.39 is 12.6 Å². The van der Waals surface area contributed by atoms with Crippen molar-refractivity contribution in [2.24, 2.45) is 0 Å². The molecule has 116 valence electrons. The van der Waals surface area contributed by atoms with E-state index in [0.29, 0.717) is 5.56 Å². The Bertz CT molecular complexity index is 659. The number of hydrogen-bond acceptors (Lipinski definition) is 4. The minimum absolute atomic E-state index is 0.131. The zero-order valence-electron chi connectivity index (χ0n) is 12.4. The number of allylic oxidation sites excluding steroid dienone is 3. The second-order valence-electron chi connectivity index (χ2n) is 4.07. The van der Waals surface area contributed by atoms with E-state index in [1.807, 2.05) is 26.0 Å². The van der Waals surface area contributed by atoms with E-state index in [9.17, 15) is 9.18 Å². The molecule has 1 N–H and O–H groups in total. The highest BCUT2D eigenvalue weighted by molar-refractivity contribution is 5.88. The topological polar surface area (TPSA) is 76.2 Å². The molecule has 0 spiro atoms. The number of carboxylic acid groups (broad SMARTS) is 1. The average Bonchev–Trinajstić information content (AvgIpc) is 3.02. The van der Waals surface area contributed by atoms with Crippen LogP contribution in [0.25, 0.3) is 17.5 Å². The summed E-state index contributed by atoms with van der Waals surface area (Å²) in [4.78, 5) is 14.8. The van der Waals surface area contributed by atoms with E-state index in [1.165, 1.54) is 24.3 Å². The van der Waals surface area contributed by atoms with Gasteiger partial charge in [0.2, 0.25) is 0 Å². The third kappa shape index (κ3) is 5.32. The highest BCUT2D eigenvalue weighted by Gasteiger charge is 2.10. The Morgan fingerprint density at radius 2 is 2.09 bits per heavy atom. The fraction of sp³-hybridized carbons (Fsp3) is 0.188. The van der Waals surface area contributed by atoms with Gasteiger partial charge in [-0.1, -0.05) is 23.4 Å². The Morgan fingerprint density at radius 1 is 1.36 bits per heavy atom. The normalized spacial score (nSPS) is 10.7. The van der Waals surface area contributed by atoms with Crippen molar-refractivity contribution in [2.75, 3.05) is 6.67 Å². The molecule has 0 amide bonds. The molecule has 0 unspecified atom stereocenters. The Balaban J connectivity index is 0.000000541. The first-order chi connectivity index (χ1) is 10.6. The number of aromatic carboxylic acids is 1. The molecule has 0 saturated heterocycles. The molecule has 22 heavy (non-hydrogen) atoms. The van der Waals surface area contributed by atoms with Gasteiger partial charge >= 0.3 is 5.97 Å². The van der Waals surface area contributed by atoms with Crippen LogP contribution in [0.2, 0.25) is 0 Å². The van der Waals surface area contributed by atoms with Gasteiger partial charge in [-0.15, -0.1) is 0 Å². The number of halogens is 1. The fourth-order valence-corrected chi connectivity index (χ4v) is 1.36. The number of rotatable bonds is 4. The summed E-state index contributed by atoms with van der Waals surface area (Å²) in [5.41, 5.74) is 0.633. The summed E-state index contributed by atoms with van der Waals surface area (Å²) >= 11 is 0. The molecule has 0 aliphatic carbocycles. The van der Waals surface area contributed by atoms with Gasteiger partial charge in [-0.3, -0.25) is 0 Å². The van der Waals surface area contributed by atoms with Gasteiger partial charge in [0.05, 0.1) is 5.56 Å². The number of alkyl halides is 1. The zero-order chi connectivity index (χ0) is 16.4. The predicted molar refractivity (Wildman–Crippen MR) is 82.2 cm³/mol. The molecule has 0 radical (unpaired) electrons. The summed E-state index contributed by atoms with van der Waals surface area (Å²) < 4.78 is 16.9. The molecular formula is C16H17FN2O3. The standard InChI is InChI=1S/C12H9FN2O3.C4H8/c13-6-2-5-10-14-11(18-15-10)8-3-1-4-9(7-8)12(16)17;1-3-4-2/h1-5,7H,6H2,(H,16,17);3-4H,1-2H3/b5-2+;4-3-. The van der Waals surface area contributed by atoms with Crippen molar-refractivity contribution in [3.8, 4) is 11.5 Å². The predicted octanol–water partition coefficient (Wildman–Crippen LogP) is 4.00. The third-order valence-electron chi connectivity index (χ3n) is 2.49. The smallest absolute Gasteiger partial charge is 0.335 e. The van der Waals surface area contributed by atoms with Crippen LogP contribution in [-0.4, -0.2) is 27.9 Å². The van der Waals surface area contributed by atoms with Crippen molar-refractivity contribution in [3.05, 3.63) is 53.9 Å². The van der Waals surface area contributed by atoms with E-state index in [0.717, 1.165) is 0 Å². The molecule has 0 bridgehead atoms. The maximum Gasteiger partial charge on any atom is 0.335 e. The lowest BCUT2D eigenvalue weighted by atomic mass is 10.1. The first kappa shape index (κ1) is 17.3. The Morgan fingerprint density at radius 3 is 2.68 bits per heavy atom. The molecule has 2 aromatic rings. The number of carboxylic acids is 1. The number of carbonyl (C=O) groups is 1. The van der Waals surface area contributed by atoms with Crippen molar-refractivity contribution in [1.82, 2.24) is 10.1 Å². The van der Waals surface area contributed by atoms with Gasteiger partial charge in [0.25, 0.3) is 5.89 Å². The summed E-state index contributed by atoms with van der Waals surface area (Å²) in [7, 11) is 0. The van der Waals surface area contributed by atoms with Crippen molar-refractivity contribution in [1.29, 1.82) is 0 Å². The molecule has 0 atom stereocenters. The first-order valence-electron chi connectivity index (χ1n) is 6.59. The molecule has 5 nitrogen and oxygen atoms in total. The van der Waals surface area contributed by atoms with E-state index in [4.69, 9.17) is 9.63 Å². The van der Waals surface area contributed by atoms with Crippen LogP contribution in [0.4, 0.5) is 4.39 Å². The SMILES string of the molecule is C/C=C\C.O=C(O)c1cccc(-c2nc(/C=C/CF)no2)c1. The van der Waals surface area contributed by atoms with Crippen LogP contribution in [0.3, 0.4) is 0 Å². The van der Waals surface area contributed by atoms with Crippen molar-refractivity contribution in [2.45, 2.75) is 13.8 Å². The van der Waals surface area contributed by atoms with E-state index in [2.05, 4.69) is 10.1 Å². The second kappa shape index (κ2) is 9.23. The van der Waals surface area contributed by atoms with E-state index in [-0.39, 0.29) is 17.3 Å². The minimum Gasteiger partial charge on any atom is -0.478 e. The summed E-state index contributed by atoms with van der Waals surface area (Å²) in [5.74, 6) is -0.603. The van der Waals surface area contributed by atoms with Crippen molar-refractivity contribution in [3.63, 3.8) is 0 Å². The number of hydrogen-bond donors (Lipinski definition) is 1. The second-order valence-corrected chi connectivity index (χ2v) is 4.07. The molecule has 0 fully saturated rings. The van der Waals surface area contributed by atoms with Crippen LogP contribution in [0.5, 0.6) is 0 Å². The molecule has 2 rings (SSSR count). The van der Waals surface area contributed by atoms with Crippen LogP contribution in [0.15, 0.2) is 47.0 Å². The lowest BCUT2D eigenvalue weighted by molar-refractivity contribution is 0.0697. The van der Waals surface area contributed by atoms with Gasteiger partial charge in [-0.05, 0) is 44.2 Å². The molecule has 0 saturated carbocycles. The monoisotopic (exact) mass is 304 g/mol. The summed E-state index contributed by atoms with van der Waals surface area (Å²) in [6.45, 7) is 3.39. The van der Waals surface area contributed by atoms with Crippen LogP contribution in [0, 0.1) is 0 Å². The highest BCUT2D eigenvalue weighted by Crippen LogP contribution is 2.18. The van der Waals surface area contributed by atoms with Crippen LogP contribution >= 0.6 is 0 Å². The van der Waals surface area contributed by atoms with Gasteiger partial charge in [0, 0.05) is 5.56 Å². The molecule has 6 heteroatoms. The van der Waals surface area contributed by atoms with E-state index >= 15 is 0 Å². The van der Waals surface area contributed by atoms with Crippen LogP contribution in [-0.2, 0) is 0 Å². The maximum absolute atomic E-state index is 11.9. The Labute approximate surface area is 127 Å². The summed E-state index contributed by atoms with van der Waals surface area (Å²) in [5, 5.41) is 12.5. The van der Waals surface area contributed by atoms with Crippen LogP contribution < -0.4 is 0 Å². The zero-order valence-corrected chi connectivity index (χ0v) is 12.4. The molecule has 0 aliphatic rings. The lowest BCUT2D eigenvalue weighted by Gasteiger charge is -1.96. The molecule has 0 aliphatic heterocycles. The summed E-state index contributed by atoms with van der Waals surface area (Å²) in [6.07, 6.45) is 6.64. The minimum atomic E-state index is -1.03.